The molecule has 0 saturated heterocycles. The van der Waals surface area contributed by atoms with Crippen molar-refractivity contribution in [2.45, 2.75) is 27.1 Å². The van der Waals surface area contributed by atoms with Crippen LogP contribution in [0.3, 0.4) is 0 Å². The fraction of sp³-hybridized carbons (Fsp3) is 0.286. The molecular formula is C14H16O3. The van der Waals surface area contributed by atoms with Crippen LogP contribution in [0.5, 0.6) is 5.75 Å². The number of hydrogen-bond donors (Lipinski definition) is 1. The van der Waals surface area contributed by atoms with Gasteiger partial charge in [0.25, 0.3) is 0 Å². The summed E-state index contributed by atoms with van der Waals surface area (Å²) < 4.78 is 11.0. The fourth-order valence-electron chi connectivity index (χ4n) is 1.60. The van der Waals surface area contributed by atoms with Gasteiger partial charge >= 0.3 is 0 Å². The molecule has 0 aliphatic rings. The number of ether oxygens (including phenoxy) is 1. The van der Waals surface area contributed by atoms with Gasteiger partial charge in [0.05, 0.1) is 0 Å². The third-order valence-electron chi connectivity index (χ3n) is 2.59. The van der Waals surface area contributed by atoms with Crippen LogP contribution < -0.4 is 4.74 Å². The van der Waals surface area contributed by atoms with Gasteiger partial charge in [0.2, 0.25) is 0 Å². The van der Waals surface area contributed by atoms with Crippen molar-refractivity contribution < 1.29 is 14.3 Å². The van der Waals surface area contributed by atoms with E-state index in [1.54, 1.807) is 6.07 Å². The second kappa shape index (κ2) is 5.06. The molecule has 0 radical (unpaired) electrons. The number of furan rings is 1. The molecule has 1 aromatic carbocycles. The smallest absolute Gasteiger partial charge is 0.146 e. The van der Waals surface area contributed by atoms with Crippen LogP contribution in [0.4, 0.5) is 0 Å². The number of aryl methyl sites for hydroxylation is 2. The van der Waals surface area contributed by atoms with Crippen molar-refractivity contribution in [2.75, 3.05) is 0 Å². The van der Waals surface area contributed by atoms with E-state index in [0.29, 0.717) is 12.4 Å². The highest BCUT2D eigenvalue weighted by atomic mass is 16.5. The maximum Gasteiger partial charge on any atom is 0.146 e. The van der Waals surface area contributed by atoms with Crippen LogP contribution >= 0.6 is 0 Å². The van der Waals surface area contributed by atoms with Gasteiger partial charge in [-0.2, -0.15) is 0 Å². The molecule has 0 unspecified atom stereocenters. The van der Waals surface area contributed by atoms with Crippen LogP contribution in [0.15, 0.2) is 34.7 Å². The zero-order chi connectivity index (χ0) is 12.3. The van der Waals surface area contributed by atoms with Gasteiger partial charge in [-0.3, -0.25) is 0 Å². The van der Waals surface area contributed by atoms with Gasteiger partial charge in [-0.05, 0) is 43.2 Å². The van der Waals surface area contributed by atoms with E-state index >= 15 is 0 Å². The molecule has 2 rings (SSSR count). The van der Waals surface area contributed by atoms with Gasteiger partial charge in [0.15, 0.2) is 0 Å². The lowest BCUT2D eigenvalue weighted by molar-refractivity contribution is 0.224. The predicted octanol–water partition coefficient (Wildman–Crippen LogP) is 2.97. The van der Waals surface area contributed by atoms with Crippen LogP contribution in [0.1, 0.15) is 22.6 Å². The average molecular weight is 232 g/mol. The molecule has 3 heteroatoms. The molecule has 1 aromatic heterocycles. The van der Waals surface area contributed by atoms with Crippen molar-refractivity contribution >= 4 is 0 Å². The Balaban J connectivity index is 2.04. The predicted molar refractivity (Wildman–Crippen MR) is 64.9 cm³/mol. The van der Waals surface area contributed by atoms with Crippen LogP contribution in [0, 0.1) is 13.8 Å². The molecule has 3 nitrogen and oxygen atoms in total. The van der Waals surface area contributed by atoms with Crippen molar-refractivity contribution in [2.24, 2.45) is 0 Å². The number of rotatable bonds is 4. The summed E-state index contributed by atoms with van der Waals surface area (Å²) in [6.07, 6.45) is 0. The molecule has 0 spiro atoms. The standard InChI is InChI=1S/C14H16O3/c1-10-3-4-11(2)14(7-10)16-9-13-6-5-12(8-15)17-13/h3-7,15H,8-9H2,1-2H3. The molecule has 90 valence electrons. The molecule has 0 fully saturated rings. The summed E-state index contributed by atoms with van der Waals surface area (Å²) in [4.78, 5) is 0. The number of hydrogen-bond acceptors (Lipinski definition) is 3. The minimum Gasteiger partial charge on any atom is -0.485 e. The van der Waals surface area contributed by atoms with Crippen molar-refractivity contribution in [1.29, 1.82) is 0 Å². The van der Waals surface area contributed by atoms with Crippen molar-refractivity contribution in [3.8, 4) is 5.75 Å². The van der Waals surface area contributed by atoms with Gasteiger partial charge in [-0.1, -0.05) is 12.1 Å². The maximum absolute atomic E-state index is 8.88. The molecule has 1 heterocycles. The molecule has 0 aliphatic heterocycles. The summed E-state index contributed by atoms with van der Waals surface area (Å²) in [6, 6.07) is 9.66. The first-order valence-corrected chi connectivity index (χ1v) is 5.57. The largest absolute Gasteiger partial charge is 0.485 e. The second-order valence-electron chi connectivity index (χ2n) is 4.08. The lowest BCUT2D eigenvalue weighted by Crippen LogP contribution is -1.96. The molecule has 2 aromatic rings. The van der Waals surface area contributed by atoms with E-state index in [2.05, 4.69) is 6.07 Å². The van der Waals surface area contributed by atoms with Crippen molar-refractivity contribution in [1.82, 2.24) is 0 Å². The van der Waals surface area contributed by atoms with Gasteiger partial charge < -0.3 is 14.3 Å². The Hall–Kier alpha value is -1.74. The zero-order valence-corrected chi connectivity index (χ0v) is 10.1. The minimum atomic E-state index is -0.0799. The van der Waals surface area contributed by atoms with E-state index in [9.17, 15) is 0 Å². The molecule has 0 amide bonds. The number of benzene rings is 1. The molecule has 17 heavy (non-hydrogen) atoms. The van der Waals surface area contributed by atoms with Gasteiger partial charge in [-0.25, -0.2) is 0 Å². The summed E-state index contributed by atoms with van der Waals surface area (Å²) in [5, 5.41) is 8.88. The van der Waals surface area contributed by atoms with E-state index in [4.69, 9.17) is 14.3 Å². The lowest BCUT2D eigenvalue weighted by Gasteiger charge is -2.08. The van der Waals surface area contributed by atoms with Crippen LogP contribution in [-0.2, 0) is 13.2 Å². The maximum atomic E-state index is 8.88. The first kappa shape index (κ1) is 11.7. The molecule has 0 bridgehead atoms. The van der Waals surface area contributed by atoms with Gasteiger partial charge in [0, 0.05) is 0 Å². The molecule has 1 N–H and O–H groups in total. The quantitative estimate of drug-likeness (QED) is 0.881. The minimum absolute atomic E-state index is 0.0799. The highest BCUT2D eigenvalue weighted by Gasteiger charge is 2.04. The second-order valence-corrected chi connectivity index (χ2v) is 4.08. The molecule has 0 aliphatic carbocycles. The summed E-state index contributed by atoms with van der Waals surface area (Å²) in [7, 11) is 0. The van der Waals surface area contributed by atoms with E-state index in [0.717, 1.165) is 17.1 Å². The Morgan fingerprint density at radius 2 is 1.88 bits per heavy atom. The zero-order valence-electron chi connectivity index (χ0n) is 10.1. The van der Waals surface area contributed by atoms with E-state index < -0.39 is 0 Å². The SMILES string of the molecule is Cc1ccc(C)c(OCc2ccc(CO)o2)c1. The Labute approximate surface area is 101 Å². The third-order valence-corrected chi connectivity index (χ3v) is 2.59. The summed E-state index contributed by atoms with van der Waals surface area (Å²) >= 11 is 0. The van der Waals surface area contributed by atoms with Gasteiger partial charge in [0.1, 0.15) is 30.5 Å². The average Bonchev–Trinajstić information content (AvgIpc) is 2.78. The van der Waals surface area contributed by atoms with Gasteiger partial charge in [-0.15, -0.1) is 0 Å². The lowest BCUT2D eigenvalue weighted by atomic mass is 10.1. The summed E-state index contributed by atoms with van der Waals surface area (Å²) in [6.45, 7) is 4.34. The number of aliphatic hydroxyl groups is 1. The molecule has 0 atom stereocenters. The van der Waals surface area contributed by atoms with Crippen LogP contribution in [0.25, 0.3) is 0 Å². The summed E-state index contributed by atoms with van der Waals surface area (Å²) in [5.74, 6) is 2.14. The van der Waals surface area contributed by atoms with Crippen molar-refractivity contribution in [3.05, 3.63) is 53.0 Å². The Morgan fingerprint density at radius 3 is 2.59 bits per heavy atom. The first-order valence-electron chi connectivity index (χ1n) is 5.57. The molecular weight excluding hydrogens is 216 g/mol. The monoisotopic (exact) mass is 232 g/mol. The van der Waals surface area contributed by atoms with E-state index in [1.807, 2.05) is 32.0 Å². The normalized spacial score (nSPS) is 10.5. The van der Waals surface area contributed by atoms with Crippen LogP contribution in [-0.4, -0.2) is 5.11 Å². The third kappa shape index (κ3) is 2.88. The number of aliphatic hydroxyl groups excluding tert-OH is 1. The van der Waals surface area contributed by atoms with Crippen LogP contribution in [0.2, 0.25) is 0 Å². The van der Waals surface area contributed by atoms with Crippen molar-refractivity contribution in [3.63, 3.8) is 0 Å². The summed E-state index contributed by atoms with van der Waals surface area (Å²) in [5.41, 5.74) is 2.27. The molecule has 0 saturated carbocycles. The fourth-order valence-corrected chi connectivity index (χ4v) is 1.60. The highest BCUT2D eigenvalue weighted by molar-refractivity contribution is 5.36. The first-order chi connectivity index (χ1) is 8.19. The highest BCUT2D eigenvalue weighted by Crippen LogP contribution is 2.20. The van der Waals surface area contributed by atoms with E-state index in [-0.39, 0.29) is 6.61 Å². The Morgan fingerprint density at radius 1 is 1.12 bits per heavy atom. The topological polar surface area (TPSA) is 42.6 Å². The Bertz CT molecular complexity index is 500. The Kier molecular flexibility index (Phi) is 3.49. The van der Waals surface area contributed by atoms with E-state index in [1.165, 1.54) is 5.56 Å².